The molecule has 150 valence electrons. The van der Waals surface area contributed by atoms with Crippen LogP contribution in [0.1, 0.15) is 96.1 Å². The highest BCUT2D eigenvalue weighted by Gasteiger charge is 2.21. The molecule has 0 radical (unpaired) electrons. The fraction of sp³-hybridized carbons (Fsp3) is 0.640. The number of hydrogen-bond acceptors (Lipinski definition) is 1. The van der Waals surface area contributed by atoms with Gasteiger partial charge in [-0.15, -0.1) is 0 Å². The monoisotopic (exact) mass is 368 g/mol. The molecule has 1 aromatic carbocycles. The van der Waals surface area contributed by atoms with Crippen LogP contribution in [0.3, 0.4) is 0 Å². The second kappa shape index (κ2) is 13.6. The standard InChI is InChI=1S/C25H40N2/c1-3-5-6-7-8-9-10-11-15-18-24(21-23-16-13-12-14-17-23)25(4-2)27-20-19-26-22-27/h12-14,16-17,19-20,22,24-25H,3-11,15,18,21H2,1-2H3. The summed E-state index contributed by atoms with van der Waals surface area (Å²) in [5.41, 5.74) is 1.47. The average molecular weight is 369 g/mol. The van der Waals surface area contributed by atoms with Crippen LogP contribution < -0.4 is 0 Å². The lowest BCUT2D eigenvalue weighted by molar-refractivity contribution is 0.290. The van der Waals surface area contributed by atoms with E-state index in [2.05, 4.69) is 59.9 Å². The third kappa shape index (κ3) is 8.32. The molecule has 0 aliphatic carbocycles. The molecule has 27 heavy (non-hydrogen) atoms. The minimum atomic E-state index is 0.557. The van der Waals surface area contributed by atoms with Gasteiger partial charge in [0.15, 0.2) is 0 Å². The molecule has 0 N–H and O–H groups in total. The number of hydrogen-bond donors (Lipinski definition) is 0. The first-order valence-corrected chi connectivity index (χ1v) is 11.4. The molecule has 0 aliphatic rings. The van der Waals surface area contributed by atoms with Crippen molar-refractivity contribution < 1.29 is 0 Å². The van der Waals surface area contributed by atoms with Crippen LogP contribution in [0.5, 0.6) is 0 Å². The highest BCUT2D eigenvalue weighted by molar-refractivity contribution is 5.15. The van der Waals surface area contributed by atoms with Crippen molar-refractivity contribution in [1.82, 2.24) is 9.55 Å². The highest BCUT2D eigenvalue weighted by Crippen LogP contribution is 2.30. The van der Waals surface area contributed by atoms with E-state index < -0.39 is 0 Å². The third-order valence-corrected chi connectivity index (χ3v) is 5.89. The molecule has 0 amide bonds. The van der Waals surface area contributed by atoms with Crippen LogP contribution in [0, 0.1) is 5.92 Å². The van der Waals surface area contributed by atoms with Gasteiger partial charge in [-0.25, -0.2) is 4.98 Å². The molecule has 0 fully saturated rings. The molecule has 2 atom stereocenters. The van der Waals surface area contributed by atoms with E-state index in [0.29, 0.717) is 12.0 Å². The summed E-state index contributed by atoms with van der Waals surface area (Å²) in [6, 6.07) is 11.6. The molecule has 0 bridgehead atoms. The van der Waals surface area contributed by atoms with Crippen LogP contribution in [0.2, 0.25) is 0 Å². The van der Waals surface area contributed by atoms with E-state index in [1.54, 1.807) is 0 Å². The summed E-state index contributed by atoms with van der Waals surface area (Å²) in [7, 11) is 0. The van der Waals surface area contributed by atoms with Crippen LogP contribution in [0.25, 0.3) is 0 Å². The Bertz CT molecular complexity index is 561. The van der Waals surface area contributed by atoms with Gasteiger partial charge in [0.25, 0.3) is 0 Å². The predicted molar refractivity (Wildman–Crippen MR) is 117 cm³/mol. The first-order chi connectivity index (χ1) is 13.3. The number of aromatic nitrogens is 2. The summed E-state index contributed by atoms with van der Waals surface area (Å²) in [5.74, 6) is 0.691. The van der Waals surface area contributed by atoms with Crippen molar-refractivity contribution in [2.45, 2.75) is 96.9 Å². The minimum Gasteiger partial charge on any atom is -0.334 e. The van der Waals surface area contributed by atoms with Gasteiger partial charge in [-0.05, 0) is 30.7 Å². The second-order valence-electron chi connectivity index (χ2n) is 8.05. The Balaban J connectivity index is 1.80. The van der Waals surface area contributed by atoms with Crippen molar-refractivity contribution >= 4 is 0 Å². The van der Waals surface area contributed by atoms with Crippen LogP contribution in [0.4, 0.5) is 0 Å². The maximum Gasteiger partial charge on any atom is 0.0948 e. The highest BCUT2D eigenvalue weighted by atomic mass is 15.1. The van der Waals surface area contributed by atoms with Crippen LogP contribution in [0.15, 0.2) is 49.1 Å². The largest absolute Gasteiger partial charge is 0.334 e. The summed E-state index contributed by atoms with van der Waals surface area (Å²) >= 11 is 0. The summed E-state index contributed by atoms with van der Waals surface area (Å²) in [5, 5.41) is 0. The van der Waals surface area contributed by atoms with Crippen molar-refractivity contribution in [2.75, 3.05) is 0 Å². The Labute approximate surface area is 167 Å². The van der Waals surface area contributed by atoms with Crippen molar-refractivity contribution in [2.24, 2.45) is 5.92 Å². The molecule has 2 heteroatoms. The summed E-state index contributed by atoms with van der Waals surface area (Å²) in [6.45, 7) is 4.61. The molecule has 2 nitrogen and oxygen atoms in total. The fourth-order valence-electron chi connectivity index (χ4n) is 4.32. The van der Waals surface area contributed by atoms with E-state index in [1.807, 2.05) is 12.5 Å². The van der Waals surface area contributed by atoms with E-state index in [1.165, 1.54) is 82.6 Å². The van der Waals surface area contributed by atoms with E-state index in [-0.39, 0.29) is 0 Å². The van der Waals surface area contributed by atoms with Gasteiger partial charge < -0.3 is 4.57 Å². The maximum atomic E-state index is 4.29. The number of rotatable bonds is 15. The van der Waals surface area contributed by atoms with E-state index in [4.69, 9.17) is 0 Å². The topological polar surface area (TPSA) is 17.8 Å². The normalized spacial score (nSPS) is 13.6. The average Bonchev–Trinajstić information content (AvgIpc) is 3.22. The Morgan fingerprint density at radius 2 is 1.52 bits per heavy atom. The van der Waals surface area contributed by atoms with Crippen LogP contribution >= 0.6 is 0 Å². The van der Waals surface area contributed by atoms with Gasteiger partial charge in [0.05, 0.1) is 6.33 Å². The number of benzene rings is 1. The minimum absolute atomic E-state index is 0.557. The zero-order valence-electron chi connectivity index (χ0n) is 17.7. The Hall–Kier alpha value is -1.57. The van der Waals surface area contributed by atoms with E-state index >= 15 is 0 Å². The molecule has 1 heterocycles. The van der Waals surface area contributed by atoms with Gasteiger partial charge >= 0.3 is 0 Å². The third-order valence-electron chi connectivity index (χ3n) is 5.89. The maximum absolute atomic E-state index is 4.29. The van der Waals surface area contributed by atoms with Gasteiger partial charge in [-0.3, -0.25) is 0 Å². The summed E-state index contributed by atoms with van der Waals surface area (Å²) < 4.78 is 2.33. The number of nitrogens with zero attached hydrogens (tertiary/aromatic N) is 2. The summed E-state index contributed by atoms with van der Waals surface area (Å²) in [4.78, 5) is 4.29. The Morgan fingerprint density at radius 1 is 0.852 bits per heavy atom. The SMILES string of the molecule is CCCCCCCCCCCC(Cc1ccccc1)C(CC)n1ccnc1. The molecule has 0 spiro atoms. The van der Waals surface area contributed by atoms with Gasteiger partial charge in [0.1, 0.15) is 0 Å². The Kier molecular flexibility index (Phi) is 10.9. The van der Waals surface area contributed by atoms with E-state index in [9.17, 15) is 0 Å². The molecule has 2 rings (SSSR count). The zero-order valence-corrected chi connectivity index (χ0v) is 17.7. The first kappa shape index (κ1) is 21.7. The van der Waals surface area contributed by atoms with Crippen molar-refractivity contribution in [1.29, 1.82) is 0 Å². The molecule has 2 unspecified atom stereocenters. The van der Waals surface area contributed by atoms with Crippen LogP contribution in [-0.2, 0) is 6.42 Å². The number of imidazole rings is 1. The van der Waals surface area contributed by atoms with Crippen molar-refractivity contribution in [3.05, 3.63) is 54.6 Å². The van der Waals surface area contributed by atoms with Gasteiger partial charge in [-0.1, -0.05) is 102 Å². The van der Waals surface area contributed by atoms with Gasteiger partial charge in [-0.2, -0.15) is 0 Å². The molecule has 0 saturated carbocycles. The lowest BCUT2D eigenvalue weighted by Crippen LogP contribution is -2.20. The van der Waals surface area contributed by atoms with Crippen molar-refractivity contribution in [3.63, 3.8) is 0 Å². The summed E-state index contributed by atoms with van der Waals surface area (Å²) in [6.07, 6.45) is 22.4. The molecular weight excluding hydrogens is 328 g/mol. The lowest BCUT2D eigenvalue weighted by Gasteiger charge is -2.28. The smallest absolute Gasteiger partial charge is 0.0948 e. The van der Waals surface area contributed by atoms with Gasteiger partial charge in [0.2, 0.25) is 0 Å². The van der Waals surface area contributed by atoms with Crippen molar-refractivity contribution in [3.8, 4) is 0 Å². The first-order valence-electron chi connectivity index (χ1n) is 11.4. The van der Waals surface area contributed by atoms with Crippen LogP contribution in [-0.4, -0.2) is 9.55 Å². The molecular formula is C25H40N2. The second-order valence-corrected chi connectivity index (χ2v) is 8.05. The molecule has 0 saturated heterocycles. The number of unbranched alkanes of at least 4 members (excludes halogenated alkanes) is 8. The fourth-order valence-corrected chi connectivity index (χ4v) is 4.32. The van der Waals surface area contributed by atoms with E-state index in [0.717, 1.165) is 0 Å². The molecule has 1 aromatic heterocycles. The zero-order chi connectivity index (χ0) is 19.2. The van der Waals surface area contributed by atoms with Gasteiger partial charge in [0, 0.05) is 18.4 Å². The quantitative estimate of drug-likeness (QED) is 0.296. The Morgan fingerprint density at radius 3 is 2.11 bits per heavy atom. The lowest BCUT2D eigenvalue weighted by atomic mass is 9.86. The molecule has 2 aromatic rings. The molecule has 0 aliphatic heterocycles. The predicted octanol–water partition coefficient (Wildman–Crippen LogP) is 7.61.